The monoisotopic (exact) mass is 300 g/mol. The van der Waals surface area contributed by atoms with Gasteiger partial charge in [-0.05, 0) is 51.9 Å². The SMILES string of the molecule is CCCCCCCCN(CCCN)C(CC)NCCCN. The number of nitrogens with one attached hydrogen (secondary N) is 1. The molecule has 1 atom stereocenters. The lowest BCUT2D eigenvalue weighted by atomic mass is 10.1. The maximum Gasteiger partial charge on any atom is 0.0594 e. The van der Waals surface area contributed by atoms with Crippen molar-refractivity contribution in [3.63, 3.8) is 0 Å². The van der Waals surface area contributed by atoms with E-state index in [1.54, 1.807) is 0 Å². The molecule has 0 rings (SSSR count). The average Bonchev–Trinajstić information content (AvgIpc) is 2.51. The summed E-state index contributed by atoms with van der Waals surface area (Å²) in [4.78, 5) is 2.59. The molecule has 0 spiro atoms. The summed E-state index contributed by atoms with van der Waals surface area (Å²) in [5, 5.41) is 3.65. The molecular weight excluding hydrogens is 260 g/mol. The first-order valence-electron chi connectivity index (χ1n) is 9.17. The van der Waals surface area contributed by atoms with E-state index >= 15 is 0 Å². The van der Waals surface area contributed by atoms with Gasteiger partial charge in [0.05, 0.1) is 6.17 Å². The second kappa shape index (κ2) is 16.2. The molecular formula is C17H40N4. The molecule has 0 saturated heterocycles. The van der Waals surface area contributed by atoms with Crippen LogP contribution in [-0.4, -0.2) is 43.8 Å². The van der Waals surface area contributed by atoms with Crippen LogP contribution in [0.3, 0.4) is 0 Å². The number of nitrogens with zero attached hydrogens (tertiary/aromatic N) is 1. The third kappa shape index (κ3) is 12.1. The van der Waals surface area contributed by atoms with Crippen molar-refractivity contribution < 1.29 is 0 Å². The van der Waals surface area contributed by atoms with Gasteiger partial charge in [0.25, 0.3) is 0 Å². The Balaban J connectivity index is 4.01. The van der Waals surface area contributed by atoms with Gasteiger partial charge in [0.15, 0.2) is 0 Å². The van der Waals surface area contributed by atoms with Crippen LogP contribution in [0.4, 0.5) is 0 Å². The predicted molar refractivity (Wildman–Crippen MR) is 94.4 cm³/mol. The van der Waals surface area contributed by atoms with Crippen LogP contribution in [0.1, 0.15) is 71.6 Å². The topological polar surface area (TPSA) is 67.3 Å². The third-order valence-electron chi connectivity index (χ3n) is 4.04. The highest BCUT2D eigenvalue weighted by atomic mass is 15.3. The first kappa shape index (κ1) is 20.8. The number of hydrogen-bond donors (Lipinski definition) is 3. The molecule has 0 heterocycles. The van der Waals surface area contributed by atoms with Gasteiger partial charge in [-0.1, -0.05) is 46.0 Å². The number of unbranched alkanes of at least 4 members (excludes halogenated alkanes) is 5. The second-order valence-electron chi connectivity index (χ2n) is 5.97. The van der Waals surface area contributed by atoms with E-state index in [0.717, 1.165) is 45.4 Å². The lowest BCUT2D eigenvalue weighted by Crippen LogP contribution is -2.47. The lowest BCUT2D eigenvalue weighted by molar-refractivity contribution is 0.155. The minimum absolute atomic E-state index is 0.485. The molecule has 0 amide bonds. The fourth-order valence-corrected chi connectivity index (χ4v) is 2.72. The zero-order valence-electron chi connectivity index (χ0n) is 14.6. The predicted octanol–water partition coefficient (Wildman–Crippen LogP) is 2.67. The van der Waals surface area contributed by atoms with Crippen molar-refractivity contribution in [1.82, 2.24) is 10.2 Å². The molecule has 0 saturated carbocycles. The van der Waals surface area contributed by atoms with Crippen LogP contribution < -0.4 is 16.8 Å². The van der Waals surface area contributed by atoms with E-state index in [9.17, 15) is 0 Å². The van der Waals surface area contributed by atoms with Gasteiger partial charge in [-0.15, -0.1) is 0 Å². The van der Waals surface area contributed by atoms with Gasteiger partial charge < -0.3 is 16.8 Å². The summed E-state index contributed by atoms with van der Waals surface area (Å²) in [5.41, 5.74) is 11.3. The van der Waals surface area contributed by atoms with Crippen LogP contribution in [-0.2, 0) is 0 Å². The van der Waals surface area contributed by atoms with Crippen molar-refractivity contribution in [3.05, 3.63) is 0 Å². The summed E-state index contributed by atoms with van der Waals surface area (Å²) in [5.74, 6) is 0. The molecule has 21 heavy (non-hydrogen) atoms. The summed E-state index contributed by atoms with van der Waals surface area (Å²) in [6, 6.07) is 0. The fourth-order valence-electron chi connectivity index (χ4n) is 2.72. The second-order valence-corrected chi connectivity index (χ2v) is 5.97. The van der Waals surface area contributed by atoms with Gasteiger partial charge >= 0.3 is 0 Å². The Morgan fingerprint density at radius 2 is 1.43 bits per heavy atom. The fraction of sp³-hybridized carbons (Fsp3) is 1.00. The van der Waals surface area contributed by atoms with Crippen LogP contribution >= 0.6 is 0 Å². The van der Waals surface area contributed by atoms with Gasteiger partial charge in [0.1, 0.15) is 0 Å². The minimum atomic E-state index is 0.485. The number of rotatable bonds is 16. The van der Waals surface area contributed by atoms with Crippen LogP contribution in [0.25, 0.3) is 0 Å². The molecule has 4 nitrogen and oxygen atoms in total. The van der Waals surface area contributed by atoms with Crippen LogP contribution in [0.15, 0.2) is 0 Å². The van der Waals surface area contributed by atoms with Crippen molar-refractivity contribution in [1.29, 1.82) is 0 Å². The summed E-state index contributed by atoms with van der Waals surface area (Å²) in [6.45, 7) is 9.41. The van der Waals surface area contributed by atoms with Gasteiger partial charge in [-0.2, -0.15) is 0 Å². The van der Waals surface area contributed by atoms with E-state index in [1.165, 1.54) is 45.1 Å². The Labute approximate surface area is 133 Å². The standard InChI is InChI=1S/C17H40N4/c1-3-5-6-7-8-9-15-21(16-11-13-19)17(4-2)20-14-10-12-18/h17,20H,3-16,18-19H2,1-2H3. The van der Waals surface area contributed by atoms with Crippen LogP contribution in [0, 0.1) is 0 Å². The zero-order valence-corrected chi connectivity index (χ0v) is 14.6. The molecule has 0 aliphatic rings. The Bertz CT molecular complexity index is 199. The Morgan fingerprint density at radius 3 is 2.05 bits per heavy atom. The molecule has 0 aromatic rings. The molecule has 0 bridgehead atoms. The molecule has 1 unspecified atom stereocenters. The van der Waals surface area contributed by atoms with Crippen molar-refractivity contribution in [2.24, 2.45) is 11.5 Å². The normalized spacial score (nSPS) is 13.0. The van der Waals surface area contributed by atoms with E-state index in [0.29, 0.717) is 6.17 Å². The zero-order chi connectivity index (χ0) is 15.8. The Morgan fingerprint density at radius 1 is 0.810 bits per heavy atom. The smallest absolute Gasteiger partial charge is 0.0594 e. The summed E-state index contributed by atoms with van der Waals surface area (Å²) in [6.07, 6.45) is 11.9. The van der Waals surface area contributed by atoms with E-state index in [-0.39, 0.29) is 0 Å². The largest absolute Gasteiger partial charge is 0.330 e. The minimum Gasteiger partial charge on any atom is -0.330 e. The average molecular weight is 301 g/mol. The van der Waals surface area contributed by atoms with Crippen molar-refractivity contribution in [2.45, 2.75) is 77.8 Å². The Hall–Kier alpha value is -0.160. The van der Waals surface area contributed by atoms with Crippen molar-refractivity contribution in [2.75, 3.05) is 32.7 Å². The molecule has 0 aliphatic heterocycles. The van der Waals surface area contributed by atoms with Crippen molar-refractivity contribution >= 4 is 0 Å². The number of nitrogens with two attached hydrogens (primary N) is 2. The van der Waals surface area contributed by atoms with Gasteiger partial charge in [0, 0.05) is 6.54 Å². The molecule has 5 N–H and O–H groups in total. The van der Waals surface area contributed by atoms with E-state index in [2.05, 4.69) is 24.1 Å². The highest BCUT2D eigenvalue weighted by Crippen LogP contribution is 2.09. The van der Waals surface area contributed by atoms with Gasteiger partial charge in [-0.3, -0.25) is 4.90 Å². The summed E-state index contributed by atoms with van der Waals surface area (Å²) < 4.78 is 0. The Kier molecular flexibility index (Phi) is 16.1. The molecule has 0 aromatic heterocycles. The molecule has 128 valence electrons. The van der Waals surface area contributed by atoms with E-state index < -0.39 is 0 Å². The molecule has 0 aliphatic carbocycles. The van der Waals surface area contributed by atoms with Gasteiger partial charge in [-0.25, -0.2) is 0 Å². The van der Waals surface area contributed by atoms with Gasteiger partial charge in [0.2, 0.25) is 0 Å². The van der Waals surface area contributed by atoms with Crippen LogP contribution in [0.5, 0.6) is 0 Å². The molecule has 0 aromatic carbocycles. The number of hydrogen-bond acceptors (Lipinski definition) is 4. The van der Waals surface area contributed by atoms with E-state index in [4.69, 9.17) is 11.5 Å². The third-order valence-corrected chi connectivity index (χ3v) is 4.04. The summed E-state index contributed by atoms with van der Waals surface area (Å²) >= 11 is 0. The first-order valence-corrected chi connectivity index (χ1v) is 9.17. The summed E-state index contributed by atoms with van der Waals surface area (Å²) in [7, 11) is 0. The quantitative estimate of drug-likeness (QED) is 0.303. The molecule has 4 heteroatoms. The lowest BCUT2D eigenvalue weighted by Gasteiger charge is -2.32. The van der Waals surface area contributed by atoms with E-state index in [1.807, 2.05) is 0 Å². The van der Waals surface area contributed by atoms with Crippen LogP contribution in [0.2, 0.25) is 0 Å². The molecule has 0 fully saturated rings. The molecule has 0 radical (unpaired) electrons. The highest BCUT2D eigenvalue weighted by Gasteiger charge is 2.14. The maximum absolute atomic E-state index is 5.69. The van der Waals surface area contributed by atoms with Crippen molar-refractivity contribution in [3.8, 4) is 0 Å². The maximum atomic E-state index is 5.69. The first-order chi connectivity index (χ1) is 10.3. The highest BCUT2D eigenvalue weighted by molar-refractivity contribution is 4.69.